The molecular formula is C15H14N2O3. The fraction of sp³-hybridized carbons (Fsp3) is 0.200. The van der Waals surface area contributed by atoms with E-state index in [2.05, 4.69) is 0 Å². The number of carbonyl (C=O) groups is 2. The Kier molecular flexibility index (Phi) is 3.25. The molecule has 3 rings (SSSR count). The van der Waals surface area contributed by atoms with E-state index in [4.69, 9.17) is 4.42 Å². The third-order valence-corrected chi connectivity index (χ3v) is 3.29. The van der Waals surface area contributed by atoms with Crippen LogP contribution >= 0.6 is 0 Å². The molecule has 0 unspecified atom stereocenters. The van der Waals surface area contributed by atoms with Crippen LogP contribution < -0.4 is 0 Å². The van der Waals surface area contributed by atoms with E-state index in [9.17, 15) is 9.59 Å². The zero-order valence-electron chi connectivity index (χ0n) is 10.9. The van der Waals surface area contributed by atoms with Crippen LogP contribution in [0.4, 0.5) is 4.79 Å². The van der Waals surface area contributed by atoms with Gasteiger partial charge in [-0.2, -0.15) is 0 Å². The van der Waals surface area contributed by atoms with Crippen LogP contribution in [0.2, 0.25) is 0 Å². The first-order valence-electron chi connectivity index (χ1n) is 6.44. The van der Waals surface area contributed by atoms with Gasteiger partial charge in [-0.1, -0.05) is 30.3 Å². The summed E-state index contributed by atoms with van der Waals surface area (Å²) in [5.74, 6) is -0.185. The lowest BCUT2D eigenvalue weighted by Crippen LogP contribution is -2.35. The van der Waals surface area contributed by atoms with Crippen LogP contribution in [-0.4, -0.2) is 34.8 Å². The molecule has 2 aromatic rings. The van der Waals surface area contributed by atoms with Gasteiger partial charge in [0.05, 0.1) is 6.26 Å². The van der Waals surface area contributed by atoms with E-state index in [0.29, 0.717) is 19.6 Å². The molecule has 1 aliphatic heterocycles. The minimum Gasteiger partial charge on any atom is -0.459 e. The molecule has 5 heteroatoms. The molecule has 1 aliphatic rings. The third kappa shape index (κ3) is 2.30. The van der Waals surface area contributed by atoms with Crippen LogP contribution in [0.1, 0.15) is 16.1 Å². The number of imide groups is 1. The molecule has 0 aliphatic carbocycles. The van der Waals surface area contributed by atoms with E-state index in [1.165, 1.54) is 11.2 Å². The summed E-state index contributed by atoms with van der Waals surface area (Å²) in [6, 6.07) is 12.7. The number of benzene rings is 1. The lowest BCUT2D eigenvalue weighted by molar-refractivity contribution is 0.0791. The van der Waals surface area contributed by atoms with E-state index in [0.717, 1.165) is 5.56 Å². The Morgan fingerprint density at radius 3 is 2.60 bits per heavy atom. The van der Waals surface area contributed by atoms with Gasteiger partial charge in [-0.05, 0) is 17.7 Å². The van der Waals surface area contributed by atoms with E-state index in [-0.39, 0.29) is 17.7 Å². The lowest BCUT2D eigenvalue weighted by Gasteiger charge is -2.16. The number of nitrogens with zero attached hydrogens (tertiary/aromatic N) is 2. The van der Waals surface area contributed by atoms with E-state index < -0.39 is 0 Å². The average molecular weight is 270 g/mol. The first-order valence-corrected chi connectivity index (χ1v) is 6.44. The summed E-state index contributed by atoms with van der Waals surface area (Å²) in [5.41, 5.74) is 1.05. The molecule has 0 bridgehead atoms. The van der Waals surface area contributed by atoms with Crippen molar-refractivity contribution >= 4 is 11.9 Å². The van der Waals surface area contributed by atoms with Crippen LogP contribution in [0.15, 0.2) is 53.1 Å². The maximum atomic E-state index is 12.2. The summed E-state index contributed by atoms with van der Waals surface area (Å²) in [6.45, 7) is 1.45. The molecule has 5 nitrogen and oxygen atoms in total. The molecule has 1 aromatic heterocycles. The number of furan rings is 1. The monoisotopic (exact) mass is 270 g/mol. The van der Waals surface area contributed by atoms with Crippen molar-refractivity contribution in [2.24, 2.45) is 0 Å². The fourth-order valence-corrected chi connectivity index (χ4v) is 2.25. The maximum absolute atomic E-state index is 12.2. The van der Waals surface area contributed by atoms with Gasteiger partial charge >= 0.3 is 6.03 Å². The number of urea groups is 1. The number of rotatable bonds is 3. The largest absolute Gasteiger partial charge is 0.459 e. The van der Waals surface area contributed by atoms with E-state index in [1.807, 2.05) is 30.3 Å². The van der Waals surface area contributed by atoms with E-state index in [1.54, 1.807) is 17.0 Å². The predicted octanol–water partition coefficient (Wildman–Crippen LogP) is 2.36. The van der Waals surface area contributed by atoms with Gasteiger partial charge in [-0.15, -0.1) is 0 Å². The van der Waals surface area contributed by atoms with Gasteiger partial charge in [0.2, 0.25) is 0 Å². The highest BCUT2D eigenvalue weighted by molar-refractivity contribution is 6.03. The second-order valence-electron chi connectivity index (χ2n) is 4.62. The molecule has 0 radical (unpaired) electrons. The van der Waals surface area contributed by atoms with Gasteiger partial charge in [0.25, 0.3) is 5.91 Å². The van der Waals surface area contributed by atoms with Crippen molar-refractivity contribution in [3.8, 4) is 0 Å². The standard InChI is InChI=1S/C15H14N2O3/c18-14(13-7-4-10-20-13)17-9-8-16(15(17)19)11-12-5-2-1-3-6-12/h1-7,10H,8-9,11H2. The van der Waals surface area contributed by atoms with Crippen molar-refractivity contribution in [2.75, 3.05) is 13.1 Å². The van der Waals surface area contributed by atoms with Gasteiger partial charge in [-0.25, -0.2) is 4.79 Å². The molecule has 0 N–H and O–H groups in total. The van der Waals surface area contributed by atoms with Crippen LogP contribution in [0.25, 0.3) is 0 Å². The Labute approximate surface area is 116 Å². The van der Waals surface area contributed by atoms with Gasteiger partial charge < -0.3 is 9.32 Å². The average Bonchev–Trinajstić information content (AvgIpc) is 3.11. The van der Waals surface area contributed by atoms with Crippen LogP contribution in [0, 0.1) is 0 Å². The fourth-order valence-electron chi connectivity index (χ4n) is 2.25. The molecule has 0 atom stereocenters. The van der Waals surface area contributed by atoms with Gasteiger partial charge in [0.15, 0.2) is 5.76 Å². The first kappa shape index (κ1) is 12.5. The highest BCUT2D eigenvalue weighted by Gasteiger charge is 2.34. The highest BCUT2D eigenvalue weighted by atomic mass is 16.3. The van der Waals surface area contributed by atoms with Crippen LogP contribution in [-0.2, 0) is 6.54 Å². The lowest BCUT2D eigenvalue weighted by atomic mass is 10.2. The molecule has 3 amide bonds. The molecule has 0 saturated carbocycles. The van der Waals surface area contributed by atoms with Crippen molar-refractivity contribution in [3.63, 3.8) is 0 Å². The van der Waals surface area contributed by atoms with Crippen LogP contribution in [0.3, 0.4) is 0 Å². The van der Waals surface area contributed by atoms with Crippen molar-refractivity contribution in [2.45, 2.75) is 6.54 Å². The second-order valence-corrected chi connectivity index (χ2v) is 4.62. The second kappa shape index (κ2) is 5.21. The van der Waals surface area contributed by atoms with Gasteiger partial charge in [0.1, 0.15) is 0 Å². The molecule has 0 spiro atoms. The molecular weight excluding hydrogens is 256 g/mol. The topological polar surface area (TPSA) is 53.8 Å². The van der Waals surface area contributed by atoms with Crippen molar-refractivity contribution in [3.05, 3.63) is 60.1 Å². The Morgan fingerprint density at radius 2 is 1.90 bits per heavy atom. The summed E-state index contributed by atoms with van der Waals surface area (Å²) in [5, 5.41) is 0. The number of carbonyl (C=O) groups excluding carboxylic acids is 2. The quantitative estimate of drug-likeness (QED) is 0.860. The Balaban J connectivity index is 1.70. The zero-order chi connectivity index (χ0) is 13.9. The Morgan fingerprint density at radius 1 is 1.10 bits per heavy atom. The molecule has 2 heterocycles. The van der Waals surface area contributed by atoms with Crippen molar-refractivity contribution in [1.82, 2.24) is 9.80 Å². The zero-order valence-corrected chi connectivity index (χ0v) is 10.9. The van der Waals surface area contributed by atoms with Crippen molar-refractivity contribution < 1.29 is 14.0 Å². The number of hydrogen-bond acceptors (Lipinski definition) is 3. The molecule has 102 valence electrons. The number of amides is 3. The predicted molar refractivity (Wildman–Crippen MR) is 72.0 cm³/mol. The van der Waals surface area contributed by atoms with Gasteiger partial charge in [0, 0.05) is 19.6 Å². The Bertz CT molecular complexity index is 607. The summed E-state index contributed by atoms with van der Waals surface area (Å²) in [6.07, 6.45) is 1.43. The smallest absolute Gasteiger partial charge is 0.327 e. The SMILES string of the molecule is O=C(c1ccco1)N1CCN(Cc2ccccc2)C1=O. The van der Waals surface area contributed by atoms with Crippen molar-refractivity contribution in [1.29, 1.82) is 0 Å². The number of hydrogen-bond donors (Lipinski definition) is 0. The Hall–Kier alpha value is -2.56. The normalized spacial score (nSPS) is 14.9. The van der Waals surface area contributed by atoms with Gasteiger partial charge in [-0.3, -0.25) is 9.69 Å². The minimum atomic E-state index is -0.379. The molecule has 1 fully saturated rings. The summed E-state index contributed by atoms with van der Waals surface area (Å²) in [4.78, 5) is 27.2. The highest BCUT2D eigenvalue weighted by Crippen LogP contribution is 2.16. The van der Waals surface area contributed by atoms with E-state index >= 15 is 0 Å². The molecule has 1 aromatic carbocycles. The maximum Gasteiger partial charge on any atom is 0.327 e. The summed E-state index contributed by atoms with van der Waals surface area (Å²) < 4.78 is 5.05. The summed E-state index contributed by atoms with van der Waals surface area (Å²) >= 11 is 0. The van der Waals surface area contributed by atoms with Crippen LogP contribution in [0.5, 0.6) is 0 Å². The molecule has 20 heavy (non-hydrogen) atoms. The third-order valence-electron chi connectivity index (χ3n) is 3.29. The minimum absolute atomic E-state index is 0.194. The summed E-state index contributed by atoms with van der Waals surface area (Å²) in [7, 11) is 0. The molecule has 1 saturated heterocycles. The first-order chi connectivity index (χ1) is 9.75.